The van der Waals surface area contributed by atoms with Gasteiger partial charge in [-0.25, -0.2) is 0 Å². The molecule has 0 saturated carbocycles. The van der Waals surface area contributed by atoms with Crippen molar-refractivity contribution in [3.8, 4) is 0 Å². The van der Waals surface area contributed by atoms with Gasteiger partial charge in [-0.3, -0.25) is 0 Å². The third-order valence-corrected chi connectivity index (χ3v) is 6.91. The summed E-state index contributed by atoms with van der Waals surface area (Å²) in [5, 5.41) is 20.4. The molecule has 0 aromatic carbocycles. The molecule has 0 saturated heterocycles. The molecular formula is C28H58O3. The predicted molar refractivity (Wildman–Crippen MR) is 136 cm³/mol. The average Bonchev–Trinajstić information content (AvgIpc) is 2.78. The lowest BCUT2D eigenvalue weighted by atomic mass is 9.89. The third-order valence-electron chi connectivity index (χ3n) is 6.91. The first-order chi connectivity index (χ1) is 15.2. The molecule has 4 atom stereocenters. The normalized spacial score (nSPS) is 15.7. The van der Waals surface area contributed by atoms with Gasteiger partial charge in [-0.2, -0.15) is 0 Å². The van der Waals surface area contributed by atoms with Gasteiger partial charge in [0.05, 0.1) is 12.2 Å². The second-order valence-corrected chi connectivity index (χ2v) is 9.79. The molecule has 0 aliphatic rings. The highest BCUT2D eigenvalue weighted by Gasteiger charge is 2.28. The Morgan fingerprint density at radius 3 is 1.10 bits per heavy atom. The minimum Gasteiger partial charge on any atom is -0.396 e. The fourth-order valence-electron chi connectivity index (χ4n) is 4.70. The van der Waals surface area contributed by atoms with E-state index in [0.29, 0.717) is 0 Å². The highest BCUT2D eigenvalue weighted by atomic mass is 16.5. The van der Waals surface area contributed by atoms with Crippen LogP contribution in [0, 0.1) is 11.8 Å². The molecular weight excluding hydrogens is 384 g/mol. The predicted octanol–water partition coefficient (Wildman–Crippen LogP) is 8.06. The fourth-order valence-corrected chi connectivity index (χ4v) is 4.70. The van der Waals surface area contributed by atoms with Gasteiger partial charge in [-0.1, -0.05) is 118 Å². The third kappa shape index (κ3) is 16.2. The van der Waals surface area contributed by atoms with Crippen LogP contribution in [0.5, 0.6) is 0 Å². The van der Waals surface area contributed by atoms with Crippen molar-refractivity contribution >= 4 is 0 Å². The van der Waals surface area contributed by atoms with Crippen LogP contribution in [0.25, 0.3) is 0 Å². The summed E-state index contributed by atoms with van der Waals surface area (Å²) in [4.78, 5) is 0. The number of rotatable bonds is 24. The Morgan fingerprint density at radius 1 is 0.452 bits per heavy atom. The zero-order valence-electron chi connectivity index (χ0n) is 21.8. The zero-order valence-corrected chi connectivity index (χ0v) is 21.8. The van der Waals surface area contributed by atoms with E-state index in [4.69, 9.17) is 4.74 Å². The first-order valence-corrected chi connectivity index (χ1v) is 14.0. The minimum atomic E-state index is 0.134. The Bertz CT molecular complexity index is 315. The van der Waals surface area contributed by atoms with Crippen LogP contribution < -0.4 is 0 Å². The van der Waals surface area contributed by atoms with E-state index in [2.05, 4.69) is 27.7 Å². The van der Waals surface area contributed by atoms with E-state index in [9.17, 15) is 10.2 Å². The number of hydrogen-bond acceptors (Lipinski definition) is 3. The largest absolute Gasteiger partial charge is 0.396 e. The summed E-state index contributed by atoms with van der Waals surface area (Å²) in [5.74, 6) is 0.476. The van der Waals surface area contributed by atoms with Crippen molar-refractivity contribution in [2.45, 2.75) is 155 Å². The van der Waals surface area contributed by atoms with Gasteiger partial charge in [0.2, 0.25) is 0 Å². The van der Waals surface area contributed by atoms with Crippen molar-refractivity contribution in [1.82, 2.24) is 0 Å². The monoisotopic (exact) mass is 442 g/mol. The van der Waals surface area contributed by atoms with E-state index in [1.54, 1.807) is 0 Å². The lowest BCUT2D eigenvalue weighted by Gasteiger charge is -2.34. The van der Waals surface area contributed by atoms with Gasteiger partial charge >= 0.3 is 0 Å². The van der Waals surface area contributed by atoms with E-state index in [1.807, 2.05) is 0 Å². The fraction of sp³-hybridized carbons (Fsp3) is 1.00. The molecule has 0 amide bonds. The smallest absolute Gasteiger partial charge is 0.0629 e. The number of unbranched alkanes of at least 4 members (excludes halogenated alkanes) is 10. The summed E-state index contributed by atoms with van der Waals surface area (Å²) in [5.41, 5.74) is 0. The molecule has 3 nitrogen and oxygen atoms in total. The quantitative estimate of drug-likeness (QED) is 0.149. The van der Waals surface area contributed by atoms with Crippen LogP contribution in [0.3, 0.4) is 0 Å². The second-order valence-electron chi connectivity index (χ2n) is 9.79. The Kier molecular flexibility index (Phi) is 23.0. The molecule has 0 aliphatic carbocycles. The van der Waals surface area contributed by atoms with E-state index in [-0.39, 0.29) is 37.3 Å². The van der Waals surface area contributed by atoms with Crippen molar-refractivity contribution in [3.63, 3.8) is 0 Å². The molecule has 2 N–H and O–H groups in total. The van der Waals surface area contributed by atoms with E-state index in [1.165, 1.54) is 89.9 Å². The summed E-state index contributed by atoms with van der Waals surface area (Å²) >= 11 is 0. The molecule has 0 rings (SSSR count). The molecule has 3 heteroatoms. The highest BCUT2D eigenvalue weighted by Crippen LogP contribution is 2.28. The van der Waals surface area contributed by atoms with Gasteiger partial charge in [-0.15, -0.1) is 0 Å². The summed E-state index contributed by atoms with van der Waals surface area (Å²) < 4.78 is 6.84. The average molecular weight is 443 g/mol. The maximum Gasteiger partial charge on any atom is 0.0629 e. The lowest BCUT2D eigenvalue weighted by Crippen LogP contribution is -2.36. The van der Waals surface area contributed by atoms with Gasteiger partial charge in [0.1, 0.15) is 0 Å². The van der Waals surface area contributed by atoms with Gasteiger partial charge < -0.3 is 14.9 Å². The van der Waals surface area contributed by atoms with Crippen LogP contribution in [-0.2, 0) is 4.74 Å². The standard InChI is InChI=1S/C28H58O3/c1-5-9-13-17-19-25(23-29)27(21-15-11-7-3)31-28(22-16-12-8-4)26(24-30)20-18-14-10-6-2/h25-30H,5-24H2,1-4H3. The molecule has 31 heavy (non-hydrogen) atoms. The Labute approximate surface area is 195 Å². The highest BCUT2D eigenvalue weighted by molar-refractivity contribution is 4.77. The molecule has 0 bridgehead atoms. The summed E-state index contributed by atoms with van der Waals surface area (Å²) in [6, 6.07) is 0. The molecule has 4 unspecified atom stereocenters. The van der Waals surface area contributed by atoms with Gasteiger partial charge in [0.25, 0.3) is 0 Å². The summed E-state index contributed by atoms with van der Waals surface area (Å²) in [7, 11) is 0. The molecule has 0 fully saturated rings. The molecule has 0 aromatic heterocycles. The number of aliphatic hydroxyl groups excluding tert-OH is 2. The lowest BCUT2D eigenvalue weighted by molar-refractivity contribution is -0.0965. The Morgan fingerprint density at radius 2 is 0.774 bits per heavy atom. The van der Waals surface area contributed by atoms with Crippen LogP contribution in [0.1, 0.15) is 143 Å². The van der Waals surface area contributed by atoms with Crippen LogP contribution in [0.2, 0.25) is 0 Å². The maximum absolute atomic E-state index is 10.2. The first-order valence-electron chi connectivity index (χ1n) is 14.0. The Balaban J connectivity index is 5.15. The number of aliphatic hydroxyl groups is 2. The molecule has 0 aromatic rings. The molecule has 0 aliphatic heterocycles. The first kappa shape index (κ1) is 30.9. The summed E-state index contributed by atoms with van der Waals surface area (Å²) in [6.07, 6.45) is 21.7. The zero-order chi connectivity index (χ0) is 23.2. The minimum absolute atomic E-state index is 0.134. The van der Waals surface area contributed by atoms with Crippen molar-refractivity contribution < 1.29 is 14.9 Å². The van der Waals surface area contributed by atoms with E-state index < -0.39 is 0 Å². The van der Waals surface area contributed by atoms with Crippen LogP contribution >= 0.6 is 0 Å². The van der Waals surface area contributed by atoms with Crippen LogP contribution in [0.15, 0.2) is 0 Å². The van der Waals surface area contributed by atoms with Crippen molar-refractivity contribution in [1.29, 1.82) is 0 Å². The van der Waals surface area contributed by atoms with Crippen molar-refractivity contribution in [2.24, 2.45) is 11.8 Å². The van der Waals surface area contributed by atoms with Gasteiger partial charge in [-0.05, 0) is 25.7 Å². The second kappa shape index (κ2) is 23.1. The van der Waals surface area contributed by atoms with Gasteiger partial charge in [0.15, 0.2) is 0 Å². The Hall–Kier alpha value is -0.120. The summed E-state index contributed by atoms with van der Waals surface area (Å²) in [6.45, 7) is 9.44. The molecule has 0 heterocycles. The maximum atomic E-state index is 10.2. The SMILES string of the molecule is CCCCCCC(CO)C(CCCCC)OC(CCCCC)C(CO)CCCCCC. The molecule has 0 radical (unpaired) electrons. The molecule has 188 valence electrons. The van der Waals surface area contributed by atoms with Crippen molar-refractivity contribution in [2.75, 3.05) is 13.2 Å². The van der Waals surface area contributed by atoms with E-state index in [0.717, 1.165) is 25.7 Å². The van der Waals surface area contributed by atoms with Crippen molar-refractivity contribution in [3.05, 3.63) is 0 Å². The van der Waals surface area contributed by atoms with Crippen LogP contribution in [0.4, 0.5) is 0 Å². The van der Waals surface area contributed by atoms with Crippen LogP contribution in [-0.4, -0.2) is 35.6 Å². The van der Waals surface area contributed by atoms with Gasteiger partial charge in [0, 0.05) is 25.0 Å². The number of ether oxygens (including phenoxy) is 1. The van der Waals surface area contributed by atoms with E-state index >= 15 is 0 Å². The number of hydrogen-bond donors (Lipinski definition) is 2. The topological polar surface area (TPSA) is 49.7 Å². The molecule has 0 spiro atoms.